The molecule has 7 nitrogen and oxygen atoms in total. The molecule has 2 aromatic rings. The monoisotopic (exact) mass is 389 g/mol. The van der Waals surface area contributed by atoms with Crippen molar-refractivity contribution in [1.82, 2.24) is 15.5 Å². The predicted octanol–water partition coefficient (Wildman–Crippen LogP) is 3.37. The van der Waals surface area contributed by atoms with Gasteiger partial charge in [-0.2, -0.15) is 0 Å². The fourth-order valence-electron chi connectivity index (χ4n) is 3.46. The first-order valence-corrected chi connectivity index (χ1v) is 10.3. The highest BCUT2D eigenvalue weighted by Gasteiger charge is 2.28. The number of hydrogen-bond donors (Lipinski definition) is 1. The molecule has 3 atom stereocenters. The van der Waals surface area contributed by atoms with Crippen LogP contribution in [0.15, 0.2) is 33.9 Å². The maximum atomic E-state index is 12.2. The molecule has 1 aromatic carbocycles. The van der Waals surface area contributed by atoms with Crippen LogP contribution in [0.4, 0.5) is 0 Å². The van der Waals surface area contributed by atoms with Gasteiger partial charge in [0.2, 0.25) is 12.0 Å². The van der Waals surface area contributed by atoms with E-state index in [1.165, 1.54) is 31.0 Å². The second kappa shape index (κ2) is 8.21. The molecular weight excluding hydrogens is 366 g/mol. The van der Waals surface area contributed by atoms with Gasteiger partial charge in [0, 0.05) is 6.04 Å². The average Bonchev–Trinajstić information content (AvgIpc) is 3.17. The zero-order chi connectivity index (χ0) is 18.6. The van der Waals surface area contributed by atoms with Crippen molar-refractivity contribution in [2.45, 2.75) is 50.0 Å². The number of aromatic nitrogens is 2. The predicted molar refractivity (Wildman–Crippen MR) is 99.9 cm³/mol. The molecule has 1 fully saturated rings. The van der Waals surface area contributed by atoms with Crippen LogP contribution in [0.5, 0.6) is 11.5 Å². The summed E-state index contributed by atoms with van der Waals surface area (Å²) in [4.78, 5) is 12.2. The Kier molecular flexibility index (Phi) is 5.52. The lowest BCUT2D eigenvalue weighted by atomic mass is 9.86. The molecule has 27 heavy (non-hydrogen) atoms. The zero-order valence-corrected chi connectivity index (χ0v) is 16.0. The smallest absolute Gasteiger partial charge is 0.277 e. The van der Waals surface area contributed by atoms with Crippen LogP contribution in [-0.2, 0) is 4.79 Å². The number of fused-ring (bicyclic) bond motifs is 1. The van der Waals surface area contributed by atoms with Gasteiger partial charge in [-0.15, -0.1) is 10.2 Å². The summed E-state index contributed by atoms with van der Waals surface area (Å²) < 4.78 is 17.2. The number of para-hydroxylation sites is 2. The van der Waals surface area contributed by atoms with Crippen molar-refractivity contribution in [3.05, 3.63) is 30.2 Å². The van der Waals surface area contributed by atoms with Gasteiger partial charge in [0.05, 0.1) is 5.75 Å². The molecule has 0 spiro atoms. The molecule has 1 saturated carbocycles. The van der Waals surface area contributed by atoms with Crippen LogP contribution < -0.4 is 14.8 Å². The van der Waals surface area contributed by atoms with E-state index in [0.29, 0.717) is 35.1 Å². The molecular formula is C19H23N3O4S. The largest absolute Gasteiger partial charge is 0.485 e. The number of hydrogen-bond acceptors (Lipinski definition) is 7. The standard InChI is InChI=1S/C19H23N3O4S/c1-12-6-2-3-7-13(12)20-17(23)11-27-19-22-21-18(26-19)16-10-24-14-8-4-5-9-15(14)25-16/h4-5,8-9,12-13,16H,2-3,6-7,10-11H2,1H3,(H,20,23)/t12-,13-,16-/m0/s1. The Labute approximate surface area is 162 Å². The van der Waals surface area contributed by atoms with Gasteiger partial charge >= 0.3 is 0 Å². The number of nitrogens with zero attached hydrogens (tertiary/aromatic N) is 2. The molecule has 8 heteroatoms. The van der Waals surface area contributed by atoms with Gasteiger partial charge in [-0.3, -0.25) is 4.79 Å². The Morgan fingerprint density at radius 1 is 1.22 bits per heavy atom. The van der Waals surface area contributed by atoms with E-state index in [0.717, 1.165) is 6.42 Å². The minimum absolute atomic E-state index is 0.00433. The normalized spacial score (nSPS) is 24.4. The molecule has 2 heterocycles. The van der Waals surface area contributed by atoms with Crippen molar-refractivity contribution < 1.29 is 18.7 Å². The summed E-state index contributed by atoms with van der Waals surface area (Å²) in [5.41, 5.74) is 0. The van der Waals surface area contributed by atoms with Gasteiger partial charge in [-0.1, -0.05) is 43.7 Å². The quantitative estimate of drug-likeness (QED) is 0.785. The van der Waals surface area contributed by atoms with E-state index in [2.05, 4.69) is 22.4 Å². The summed E-state index contributed by atoms with van der Waals surface area (Å²) in [5, 5.41) is 11.5. The highest BCUT2D eigenvalue weighted by Crippen LogP contribution is 2.36. The summed E-state index contributed by atoms with van der Waals surface area (Å²) >= 11 is 1.24. The van der Waals surface area contributed by atoms with E-state index in [1.54, 1.807) is 0 Å². The minimum Gasteiger partial charge on any atom is -0.485 e. The molecule has 4 rings (SSSR count). The van der Waals surface area contributed by atoms with E-state index in [4.69, 9.17) is 13.9 Å². The molecule has 0 unspecified atom stereocenters. The average molecular weight is 389 g/mol. The maximum Gasteiger partial charge on any atom is 0.277 e. The van der Waals surface area contributed by atoms with Crippen molar-refractivity contribution in [3.8, 4) is 11.5 Å². The second-order valence-corrected chi connectivity index (χ2v) is 7.92. The lowest BCUT2D eigenvalue weighted by Crippen LogP contribution is -2.41. The lowest BCUT2D eigenvalue weighted by molar-refractivity contribution is -0.119. The van der Waals surface area contributed by atoms with Gasteiger partial charge in [-0.25, -0.2) is 0 Å². The summed E-state index contributed by atoms with van der Waals surface area (Å²) in [6, 6.07) is 7.74. The van der Waals surface area contributed by atoms with Gasteiger partial charge < -0.3 is 19.2 Å². The van der Waals surface area contributed by atoms with E-state index < -0.39 is 6.10 Å². The van der Waals surface area contributed by atoms with Crippen LogP contribution >= 0.6 is 11.8 Å². The summed E-state index contributed by atoms with van der Waals surface area (Å²) in [7, 11) is 0. The third kappa shape index (κ3) is 4.37. The number of amides is 1. The Balaban J connectivity index is 1.29. The van der Waals surface area contributed by atoms with Crippen LogP contribution in [0.25, 0.3) is 0 Å². The van der Waals surface area contributed by atoms with Crippen molar-refractivity contribution >= 4 is 17.7 Å². The highest BCUT2D eigenvalue weighted by molar-refractivity contribution is 7.99. The molecule has 1 aliphatic heterocycles. The fourth-order valence-corrected chi connectivity index (χ4v) is 4.04. The lowest BCUT2D eigenvalue weighted by Gasteiger charge is -2.29. The van der Waals surface area contributed by atoms with Crippen LogP contribution in [0, 0.1) is 5.92 Å². The summed E-state index contributed by atoms with van der Waals surface area (Å²) in [6.45, 7) is 2.51. The molecule has 1 amide bonds. The van der Waals surface area contributed by atoms with Crippen molar-refractivity contribution in [1.29, 1.82) is 0 Å². The van der Waals surface area contributed by atoms with E-state index >= 15 is 0 Å². The molecule has 1 N–H and O–H groups in total. The second-order valence-electron chi connectivity index (χ2n) is 6.99. The number of benzene rings is 1. The third-order valence-electron chi connectivity index (χ3n) is 4.99. The first-order chi connectivity index (χ1) is 13.2. The number of ether oxygens (including phenoxy) is 2. The molecule has 0 bridgehead atoms. The van der Waals surface area contributed by atoms with E-state index in [9.17, 15) is 4.79 Å². The van der Waals surface area contributed by atoms with Gasteiger partial charge in [-0.05, 0) is 30.9 Å². The number of thioether (sulfide) groups is 1. The van der Waals surface area contributed by atoms with Gasteiger partial charge in [0.1, 0.15) is 6.61 Å². The van der Waals surface area contributed by atoms with Crippen molar-refractivity contribution in [2.24, 2.45) is 5.92 Å². The van der Waals surface area contributed by atoms with E-state index in [1.807, 2.05) is 24.3 Å². The Morgan fingerprint density at radius 3 is 2.89 bits per heavy atom. The number of nitrogens with one attached hydrogen (secondary N) is 1. The van der Waals surface area contributed by atoms with Gasteiger partial charge in [0.15, 0.2) is 11.5 Å². The Hall–Kier alpha value is -2.22. The SMILES string of the molecule is C[C@H]1CCCC[C@@H]1NC(=O)CSc1nnc([C@@H]2COc3ccccc3O2)o1. The molecule has 1 aromatic heterocycles. The first-order valence-electron chi connectivity index (χ1n) is 9.33. The molecule has 0 radical (unpaired) electrons. The summed E-state index contributed by atoms with van der Waals surface area (Å²) in [5.74, 6) is 2.51. The topological polar surface area (TPSA) is 86.5 Å². The summed E-state index contributed by atoms with van der Waals surface area (Å²) in [6.07, 6.45) is 4.23. The third-order valence-corrected chi connectivity index (χ3v) is 5.81. The van der Waals surface area contributed by atoms with Crippen LogP contribution in [-0.4, -0.2) is 34.5 Å². The van der Waals surface area contributed by atoms with Gasteiger partial charge in [0.25, 0.3) is 11.1 Å². The van der Waals surface area contributed by atoms with Crippen molar-refractivity contribution in [2.75, 3.05) is 12.4 Å². The Bertz CT molecular complexity index is 797. The van der Waals surface area contributed by atoms with Crippen molar-refractivity contribution in [3.63, 3.8) is 0 Å². The Morgan fingerprint density at radius 2 is 2.04 bits per heavy atom. The molecule has 1 aliphatic carbocycles. The minimum atomic E-state index is -0.446. The molecule has 0 saturated heterocycles. The fraction of sp³-hybridized carbons (Fsp3) is 0.526. The van der Waals surface area contributed by atoms with Crippen LogP contribution in [0.3, 0.4) is 0 Å². The van der Waals surface area contributed by atoms with Crippen LogP contribution in [0.1, 0.15) is 44.6 Å². The first kappa shape index (κ1) is 18.2. The molecule has 144 valence electrons. The number of carbonyl (C=O) groups is 1. The number of rotatable bonds is 5. The highest BCUT2D eigenvalue weighted by atomic mass is 32.2. The maximum absolute atomic E-state index is 12.2. The molecule has 2 aliphatic rings. The van der Waals surface area contributed by atoms with E-state index in [-0.39, 0.29) is 17.7 Å². The zero-order valence-electron chi connectivity index (χ0n) is 15.2. The number of carbonyl (C=O) groups excluding carboxylic acids is 1. The van der Waals surface area contributed by atoms with Crippen LogP contribution in [0.2, 0.25) is 0 Å².